The van der Waals surface area contributed by atoms with Crippen molar-refractivity contribution < 1.29 is 61.9 Å². The highest BCUT2D eigenvalue weighted by molar-refractivity contribution is 5.23. The van der Waals surface area contributed by atoms with Crippen LogP contribution in [0.5, 0.6) is 28.7 Å². The molecular formula is C55H71NO13. The first-order valence-corrected chi connectivity index (χ1v) is 24.1. The molecule has 0 spiro atoms. The van der Waals surface area contributed by atoms with E-state index in [9.17, 15) is 5.11 Å². The first-order valence-electron chi connectivity index (χ1n) is 24.1. The maximum absolute atomic E-state index is 9.21. The number of hydrogen-bond donors (Lipinski definition) is 1. The van der Waals surface area contributed by atoms with Crippen LogP contribution in [-0.2, 0) is 33.2 Å². The second kappa shape index (κ2) is 32.5. The Morgan fingerprint density at radius 2 is 0.725 bits per heavy atom. The normalized spacial score (nSPS) is 15.6. The smallest absolute Gasteiger partial charge is 0.119 e. The van der Waals surface area contributed by atoms with E-state index in [2.05, 4.69) is 4.90 Å². The summed E-state index contributed by atoms with van der Waals surface area (Å²) in [6, 6.07) is 48.3. The molecule has 0 aromatic heterocycles. The zero-order valence-corrected chi connectivity index (χ0v) is 39.9. The fourth-order valence-corrected chi connectivity index (χ4v) is 7.04. The Morgan fingerprint density at radius 3 is 1.07 bits per heavy atom. The van der Waals surface area contributed by atoms with Gasteiger partial charge in [0.15, 0.2) is 0 Å². The van der Waals surface area contributed by atoms with Gasteiger partial charge >= 0.3 is 0 Å². The molecule has 1 fully saturated rings. The predicted octanol–water partition coefficient (Wildman–Crippen LogP) is 7.43. The second-order valence-electron chi connectivity index (χ2n) is 16.5. The van der Waals surface area contributed by atoms with Crippen LogP contribution < -0.4 is 23.7 Å². The van der Waals surface area contributed by atoms with Crippen molar-refractivity contribution in [1.82, 2.24) is 4.90 Å². The Kier molecular flexibility index (Phi) is 25.0. The molecule has 1 saturated heterocycles. The van der Waals surface area contributed by atoms with E-state index in [0.29, 0.717) is 50.9 Å². The number of aliphatic hydroxyl groups is 1. The third-order valence-electron chi connectivity index (χ3n) is 10.9. The molecule has 1 N–H and O–H groups in total. The minimum absolute atomic E-state index is 0.0360. The molecule has 0 radical (unpaired) electrons. The molecule has 1 aliphatic rings. The van der Waals surface area contributed by atoms with Crippen LogP contribution in [0.1, 0.15) is 13.3 Å². The number of nitrogens with zero attached hydrogens (tertiary/aromatic N) is 1. The van der Waals surface area contributed by atoms with Gasteiger partial charge in [-0.15, -0.1) is 0 Å². The van der Waals surface area contributed by atoms with Crippen molar-refractivity contribution in [3.63, 3.8) is 0 Å². The van der Waals surface area contributed by atoms with Crippen LogP contribution in [0, 0.1) is 0 Å². The fraction of sp³-hybridized carbons (Fsp3) is 0.455. The lowest BCUT2D eigenvalue weighted by molar-refractivity contribution is -0.130. The van der Waals surface area contributed by atoms with Crippen molar-refractivity contribution in [2.24, 2.45) is 0 Å². The minimum Gasteiger partial charge on any atom is -0.491 e. The van der Waals surface area contributed by atoms with Crippen LogP contribution in [0.25, 0.3) is 0 Å². The first-order chi connectivity index (χ1) is 34.1. The maximum Gasteiger partial charge on any atom is 0.119 e. The Balaban J connectivity index is 1.14. The second-order valence-corrected chi connectivity index (χ2v) is 16.5. The molecule has 1 heterocycles. The molecule has 14 heteroatoms. The summed E-state index contributed by atoms with van der Waals surface area (Å²) in [4.78, 5) is 2.34. The Labute approximate surface area is 408 Å². The van der Waals surface area contributed by atoms with Crippen LogP contribution in [0.4, 0.5) is 0 Å². The third kappa shape index (κ3) is 22.4. The minimum atomic E-state index is -0.535. The van der Waals surface area contributed by atoms with Crippen LogP contribution in [-0.4, -0.2) is 159 Å². The van der Waals surface area contributed by atoms with E-state index >= 15 is 0 Å². The summed E-state index contributed by atoms with van der Waals surface area (Å²) in [5, 5.41) is 9.21. The average molecular weight is 954 g/mol. The van der Waals surface area contributed by atoms with Gasteiger partial charge in [0.1, 0.15) is 92.3 Å². The van der Waals surface area contributed by atoms with Crippen molar-refractivity contribution in [3.05, 3.63) is 152 Å². The lowest BCUT2D eigenvalue weighted by atomic mass is 10.3. The van der Waals surface area contributed by atoms with E-state index < -0.39 is 24.4 Å². The Hall–Kier alpha value is -5.26. The standard InChI is InChI=1S/C55H71NO13/c1-45(59-34-30-57)27-31-60-52(37-62-47-19-9-3-10-20-47)38-67-54(40-64-49-23-13-5-14-24-49)43-69-55(41-65-50-25-15-6-16-26-50)44-68-53(39-63-48-21-11-4-12-22-48)42-66-51(35-56-28-32-58-33-29-56)36-61-46-17-7-2-8-18-46/h2-26,45,51-55,57H,27-44H2,1H3. The SMILES string of the molecule is CC(CCOC(COc1ccccc1)COC(COc1ccccc1)COC(COc1ccccc1)COC(COc1ccccc1)COC(COc1ccccc1)CN1CCOCC1)OCCO. The molecule has 1 aliphatic heterocycles. The van der Waals surface area contributed by atoms with Crippen molar-refractivity contribution in [2.75, 3.05) is 112 Å². The van der Waals surface area contributed by atoms with Gasteiger partial charge in [0, 0.05) is 26.2 Å². The maximum atomic E-state index is 9.21. The Morgan fingerprint density at radius 1 is 0.406 bits per heavy atom. The van der Waals surface area contributed by atoms with Gasteiger partial charge < -0.3 is 61.9 Å². The summed E-state index contributed by atoms with van der Waals surface area (Å²) < 4.78 is 75.3. The number of ether oxygens (including phenoxy) is 12. The molecule has 5 aromatic carbocycles. The molecule has 0 amide bonds. The largest absolute Gasteiger partial charge is 0.491 e. The number of aliphatic hydroxyl groups excluding tert-OH is 1. The summed E-state index contributed by atoms with van der Waals surface area (Å²) >= 11 is 0. The first kappa shape index (κ1) is 53.1. The van der Waals surface area contributed by atoms with E-state index in [1.807, 2.05) is 159 Å². The van der Waals surface area contributed by atoms with Crippen LogP contribution in [0.2, 0.25) is 0 Å². The van der Waals surface area contributed by atoms with Crippen molar-refractivity contribution in [1.29, 1.82) is 0 Å². The highest BCUT2D eigenvalue weighted by atomic mass is 16.6. The van der Waals surface area contributed by atoms with Crippen molar-refractivity contribution in [3.8, 4) is 28.7 Å². The van der Waals surface area contributed by atoms with Gasteiger partial charge in [-0.3, -0.25) is 4.90 Å². The molecular weight excluding hydrogens is 883 g/mol. The highest BCUT2D eigenvalue weighted by Gasteiger charge is 2.25. The average Bonchev–Trinajstić information content (AvgIpc) is 3.40. The van der Waals surface area contributed by atoms with Gasteiger partial charge in [-0.25, -0.2) is 0 Å². The Bertz CT molecular complexity index is 1980. The number of morpholine rings is 1. The van der Waals surface area contributed by atoms with Gasteiger partial charge in [-0.1, -0.05) is 91.0 Å². The molecule has 0 aliphatic carbocycles. The molecule has 69 heavy (non-hydrogen) atoms. The monoisotopic (exact) mass is 953 g/mol. The van der Waals surface area contributed by atoms with Crippen LogP contribution >= 0.6 is 0 Å². The molecule has 14 nitrogen and oxygen atoms in total. The lowest BCUT2D eigenvalue weighted by Crippen LogP contribution is -2.44. The molecule has 374 valence electrons. The van der Waals surface area contributed by atoms with E-state index in [4.69, 9.17) is 56.8 Å². The zero-order chi connectivity index (χ0) is 47.8. The number of benzene rings is 5. The van der Waals surface area contributed by atoms with Crippen molar-refractivity contribution in [2.45, 2.75) is 50.0 Å². The molecule has 6 atom stereocenters. The van der Waals surface area contributed by atoms with E-state index in [-0.39, 0.29) is 78.3 Å². The van der Waals surface area contributed by atoms with Gasteiger partial charge in [0.05, 0.1) is 59.0 Å². The summed E-state index contributed by atoms with van der Waals surface area (Å²) in [6.45, 7) is 8.26. The molecule has 0 bridgehead atoms. The zero-order valence-electron chi connectivity index (χ0n) is 39.9. The van der Waals surface area contributed by atoms with E-state index in [1.54, 1.807) is 0 Å². The molecule has 5 aromatic rings. The number of rotatable bonds is 36. The predicted molar refractivity (Wildman–Crippen MR) is 263 cm³/mol. The van der Waals surface area contributed by atoms with Crippen molar-refractivity contribution >= 4 is 0 Å². The quantitative estimate of drug-likeness (QED) is 0.0427. The number of hydrogen-bond acceptors (Lipinski definition) is 14. The van der Waals surface area contributed by atoms with Gasteiger partial charge in [-0.2, -0.15) is 0 Å². The summed E-state index contributed by atoms with van der Waals surface area (Å²) in [7, 11) is 0. The van der Waals surface area contributed by atoms with Gasteiger partial charge in [0.25, 0.3) is 0 Å². The highest BCUT2D eigenvalue weighted by Crippen LogP contribution is 2.17. The van der Waals surface area contributed by atoms with Crippen LogP contribution in [0.15, 0.2) is 152 Å². The molecule has 6 rings (SSSR count). The molecule has 6 unspecified atom stereocenters. The molecule has 0 saturated carbocycles. The van der Waals surface area contributed by atoms with E-state index in [1.165, 1.54) is 0 Å². The van der Waals surface area contributed by atoms with Gasteiger partial charge in [0.2, 0.25) is 0 Å². The fourth-order valence-electron chi connectivity index (χ4n) is 7.04. The summed E-state index contributed by atoms with van der Waals surface area (Å²) in [5.74, 6) is 3.64. The van der Waals surface area contributed by atoms with Crippen LogP contribution in [0.3, 0.4) is 0 Å². The van der Waals surface area contributed by atoms with E-state index in [0.717, 1.165) is 30.3 Å². The number of para-hydroxylation sites is 5. The lowest BCUT2D eigenvalue weighted by Gasteiger charge is -2.31. The third-order valence-corrected chi connectivity index (χ3v) is 10.9. The summed E-state index contributed by atoms with van der Waals surface area (Å²) in [6.07, 6.45) is -1.68. The van der Waals surface area contributed by atoms with Gasteiger partial charge in [-0.05, 0) is 74.0 Å². The summed E-state index contributed by atoms with van der Waals surface area (Å²) in [5.41, 5.74) is 0. The topological polar surface area (TPSA) is 134 Å².